The topological polar surface area (TPSA) is 124 Å². The van der Waals surface area contributed by atoms with Crippen LogP contribution >= 0.6 is 0 Å². The fourth-order valence-electron chi connectivity index (χ4n) is 3.91. The zero-order valence-electron chi connectivity index (χ0n) is 18.9. The quantitative estimate of drug-likeness (QED) is 0.588. The van der Waals surface area contributed by atoms with Crippen molar-refractivity contribution in [1.29, 1.82) is 5.26 Å². The van der Waals surface area contributed by atoms with Gasteiger partial charge in [-0.15, -0.1) is 0 Å². The highest BCUT2D eigenvalue weighted by Gasteiger charge is 2.37. The van der Waals surface area contributed by atoms with Gasteiger partial charge >= 0.3 is 5.97 Å². The molecule has 9 nitrogen and oxygen atoms in total. The summed E-state index contributed by atoms with van der Waals surface area (Å²) in [7, 11) is 0. The lowest BCUT2D eigenvalue weighted by Gasteiger charge is -2.37. The van der Waals surface area contributed by atoms with Crippen molar-refractivity contribution in [2.45, 2.75) is 39.2 Å². The van der Waals surface area contributed by atoms with Crippen LogP contribution in [-0.2, 0) is 4.79 Å². The first-order valence-corrected chi connectivity index (χ1v) is 10.8. The summed E-state index contributed by atoms with van der Waals surface area (Å²) in [5, 5.41) is 33.3. The van der Waals surface area contributed by atoms with E-state index < -0.39 is 17.0 Å². The smallest absolute Gasteiger partial charge is 0.309 e. The van der Waals surface area contributed by atoms with Crippen LogP contribution in [0.1, 0.15) is 39.2 Å². The second-order valence-electron chi connectivity index (χ2n) is 9.41. The number of aliphatic carboxylic acids is 1. The molecule has 4 rings (SSSR count). The van der Waals surface area contributed by atoms with E-state index in [0.29, 0.717) is 42.8 Å². The Labute approximate surface area is 191 Å². The molecule has 0 saturated carbocycles. The molecule has 3 aromatic heterocycles. The van der Waals surface area contributed by atoms with Gasteiger partial charge in [0.25, 0.3) is 0 Å². The first kappa shape index (κ1) is 22.6. The molecule has 0 aliphatic carbocycles. The second-order valence-corrected chi connectivity index (χ2v) is 9.41. The van der Waals surface area contributed by atoms with E-state index in [-0.39, 0.29) is 6.61 Å². The average Bonchev–Trinajstić information content (AvgIpc) is 3.20. The molecule has 0 aromatic carbocycles. The third-order valence-corrected chi connectivity index (χ3v) is 6.07. The Balaban J connectivity index is 1.64. The standard InChI is InChI=1S/C24H27N5O4/c1-23(2,32)15-33-18-10-19(21-17(11-25)13-27-29(21)14-18)16-4-5-20(26-12-16)28-8-6-24(3,7-9-28)22(30)31/h4-5,10,12-14,32H,6-9,15H2,1-3H3,(H,30,31). The van der Waals surface area contributed by atoms with Gasteiger partial charge in [0.05, 0.1) is 34.5 Å². The lowest BCUT2D eigenvalue weighted by Crippen LogP contribution is -2.43. The van der Waals surface area contributed by atoms with Crippen molar-refractivity contribution in [3.63, 3.8) is 0 Å². The molecule has 0 spiro atoms. The number of aliphatic hydroxyl groups is 1. The minimum absolute atomic E-state index is 0.103. The minimum Gasteiger partial charge on any atom is -0.489 e. The molecule has 0 amide bonds. The Kier molecular flexibility index (Phi) is 5.72. The van der Waals surface area contributed by atoms with Gasteiger partial charge in [-0.1, -0.05) is 0 Å². The molecule has 33 heavy (non-hydrogen) atoms. The zero-order chi connectivity index (χ0) is 23.8. The Morgan fingerprint density at radius 2 is 2.03 bits per heavy atom. The van der Waals surface area contributed by atoms with Crippen molar-refractivity contribution < 1.29 is 19.7 Å². The highest BCUT2D eigenvalue weighted by Crippen LogP contribution is 2.34. The van der Waals surface area contributed by atoms with E-state index in [0.717, 1.165) is 16.9 Å². The van der Waals surface area contributed by atoms with Crippen LogP contribution in [-0.4, -0.2) is 56.1 Å². The van der Waals surface area contributed by atoms with Gasteiger partial charge in [-0.3, -0.25) is 4.79 Å². The summed E-state index contributed by atoms with van der Waals surface area (Å²) in [6.45, 7) is 6.47. The number of pyridine rings is 2. The summed E-state index contributed by atoms with van der Waals surface area (Å²) in [5.41, 5.74) is 0.937. The van der Waals surface area contributed by atoms with Crippen molar-refractivity contribution >= 4 is 17.3 Å². The number of ether oxygens (including phenoxy) is 1. The van der Waals surface area contributed by atoms with Gasteiger partial charge in [-0.25, -0.2) is 9.50 Å². The van der Waals surface area contributed by atoms with Crippen LogP contribution in [0.4, 0.5) is 5.82 Å². The number of hydrogen-bond acceptors (Lipinski definition) is 7. The number of carbonyl (C=O) groups is 1. The fraction of sp³-hybridized carbons (Fsp3) is 0.417. The molecule has 1 fully saturated rings. The molecule has 0 atom stereocenters. The van der Waals surface area contributed by atoms with Crippen molar-refractivity contribution in [3.05, 3.63) is 42.4 Å². The average molecular weight is 450 g/mol. The van der Waals surface area contributed by atoms with Gasteiger partial charge < -0.3 is 19.8 Å². The number of carboxylic acid groups (broad SMARTS) is 1. The minimum atomic E-state index is -0.995. The van der Waals surface area contributed by atoms with E-state index in [1.807, 2.05) is 18.2 Å². The second kappa shape index (κ2) is 8.37. The molecule has 1 aliphatic heterocycles. The Morgan fingerprint density at radius 1 is 1.30 bits per heavy atom. The lowest BCUT2D eigenvalue weighted by molar-refractivity contribution is -0.149. The van der Waals surface area contributed by atoms with Crippen LogP contribution in [0.15, 0.2) is 36.8 Å². The van der Waals surface area contributed by atoms with Gasteiger partial charge in [0, 0.05) is 30.4 Å². The van der Waals surface area contributed by atoms with Crippen molar-refractivity contribution in [1.82, 2.24) is 14.6 Å². The number of fused-ring (bicyclic) bond motifs is 1. The van der Waals surface area contributed by atoms with E-state index in [1.165, 1.54) is 6.20 Å². The van der Waals surface area contributed by atoms with Gasteiger partial charge in [0.1, 0.15) is 24.2 Å². The highest BCUT2D eigenvalue weighted by molar-refractivity contribution is 5.85. The molecule has 0 unspecified atom stereocenters. The molecular weight excluding hydrogens is 422 g/mol. The molecule has 9 heteroatoms. The number of carboxylic acids is 1. The third-order valence-electron chi connectivity index (χ3n) is 6.07. The zero-order valence-corrected chi connectivity index (χ0v) is 18.9. The van der Waals surface area contributed by atoms with E-state index in [4.69, 9.17) is 4.74 Å². The van der Waals surface area contributed by atoms with Crippen molar-refractivity contribution in [2.75, 3.05) is 24.6 Å². The molecule has 1 saturated heterocycles. The molecule has 2 N–H and O–H groups in total. The van der Waals surface area contributed by atoms with Crippen LogP contribution in [0.5, 0.6) is 5.75 Å². The third kappa shape index (κ3) is 4.61. The van der Waals surface area contributed by atoms with E-state index in [2.05, 4.69) is 21.1 Å². The molecule has 3 aromatic rings. The maximum atomic E-state index is 11.5. The molecular formula is C24H27N5O4. The SMILES string of the molecule is CC(C)(O)COc1cc(-c2ccc(N3CCC(C)(C(=O)O)CC3)nc2)c2c(C#N)cnn2c1. The number of nitrogens with zero attached hydrogens (tertiary/aromatic N) is 5. The van der Waals surface area contributed by atoms with Gasteiger partial charge in [-0.05, 0) is 51.8 Å². The van der Waals surface area contributed by atoms with Crippen LogP contribution in [0.3, 0.4) is 0 Å². The molecule has 0 bridgehead atoms. The van der Waals surface area contributed by atoms with Gasteiger partial charge in [-0.2, -0.15) is 10.4 Å². The maximum Gasteiger partial charge on any atom is 0.309 e. The molecule has 172 valence electrons. The summed E-state index contributed by atoms with van der Waals surface area (Å²) in [4.78, 5) is 18.2. The monoisotopic (exact) mass is 449 g/mol. The Morgan fingerprint density at radius 3 is 2.61 bits per heavy atom. The molecule has 4 heterocycles. The van der Waals surface area contributed by atoms with E-state index in [1.54, 1.807) is 37.7 Å². The number of rotatable bonds is 6. The first-order valence-electron chi connectivity index (χ1n) is 10.8. The van der Waals surface area contributed by atoms with E-state index in [9.17, 15) is 20.3 Å². The van der Waals surface area contributed by atoms with E-state index >= 15 is 0 Å². The predicted octanol–water partition coefficient (Wildman–Crippen LogP) is 3.11. The number of aromatic nitrogens is 3. The number of nitriles is 1. The molecule has 1 aliphatic rings. The maximum absolute atomic E-state index is 11.5. The first-order chi connectivity index (χ1) is 15.6. The van der Waals surface area contributed by atoms with Gasteiger partial charge in [0.2, 0.25) is 0 Å². The fourth-order valence-corrected chi connectivity index (χ4v) is 3.91. The van der Waals surface area contributed by atoms with Crippen molar-refractivity contribution in [2.24, 2.45) is 5.41 Å². The highest BCUT2D eigenvalue weighted by atomic mass is 16.5. The van der Waals surface area contributed by atoms with Gasteiger partial charge in [0.15, 0.2) is 0 Å². The predicted molar refractivity (Wildman–Crippen MR) is 122 cm³/mol. The summed E-state index contributed by atoms with van der Waals surface area (Å²) in [6.07, 6.45) is 6.06. The number of piperidine rings is 1. The Bertz CT molecular complexity index is 1210. The summed E-state index contributed by atoms with van der Waals surface area (Å²) in [6, 6.07) is 7.83. The van der Waals surface area contributed by atoms with Crippen molar-refractivity contribution in [3.8, 4) is 22.9 Å². The van der Waals surface area contributed by atoms with Crippen LogP contribution < -0.4 is 9.64 Å². The summed E-state index contributed by atoms with van der Waals surface area (Å²) >= 11 is 0. The van der Waals surface area contributed by atoms with Crippen LogP contribution in [0, 0.1) is 16.7 Å². The van der Waals surface area contributed by atoms with Crippen LogP contribution in [0.2, 0.25) is 0 Å². The number of hydrogen-bond donors (Lipinski definition) is 2. The largest absolute Gasteiger partial charge is 0.489 e. The Hall–Kier alpha value is -3.64. The number of anilines is 1. The summed E-state index contributed by atoms with van der Waals surface area (Å²) < 4.78 is 7.37. The lowest BCUT2D eigenvalue weighted by atomic mass is 9.80. The van der Waals surface area contributed by atoms with Crippen LogP contribution in [0.25, 0.3) is 16.6 Å². The summed E-state index contributed by atoms with van der Waals surface area (Å²) in [5.74, 6) is 0.543. The normalized spacial score (nSPS) is 15.9. The molecule has 0 radical (unpaired) electrons.